The van der Waals surface area contributed by atoms with Gasteiger partial charge in [-0.3, -0.25) is 19.7 Å². The van der Waals surface area contributed by atoms with E-state index in [2.05, 4.69) is 22.0 Å². The molecule has 4 saturated carbocycles. The molecule has 1 aromatic rings. The Hall–Kier alpha value is -3.41. The minimum absolute atomic E-state index is 0.0858. The molecule has 9 heteroatoms. The lowest BCUT2D eigenvalue weighted by Crippen LogP contribution is -2.66. The Labute approximate surface area is 197 Å². The Morgan fingerprint density at radius 2 is 1.85 bits per heavy atom. The van der Waals surface area contributed by atoms with Gasteiger partial charge in [-0.2, -0.15) is 5.26 Å². The Morgan fingerprint density at radius 1 is 1.12 bits per heavy atom. The molecule has 6 rings (SSSR count). The summed E-state index contributed by atoms with van der Waals surface area (Å²) in [7, 11) is 0. The minimum Gasteiger partial charge on any atom is -0.445 e. The van der Waals surface area contributed by atoms with E-state index >= 15 is 0 Å². The van der Waals surface area contributed by atoms with Crippen molar-refractivity contribution in [1.29, 1.82) is 5.26 Å². The minimum atomic E-state index is -1.24. The highest BCUT2D eigenvalue weighted by Gasteiger charge is 2.64. The van der Waals surface area contributed by atoms with Crippen molar-refractivity contribution in [2.75, 3.05) is 0 Å². The number of imide groups is 1. The molecule has 4 aliphatic carbocycles. The van der Waals surface area contributed by atoms with Crippen molar-refractivity contribution < 1.29 is 23.9 Å². The molecule has 1 aromatic carbocycles. The summed E-state index contributed by atoms with van der Waals surface area (Å²) >= 11 is 0. The quantitative estimate of drug-likeness (QED) is 0.526. The van der Waals surface area contributed by atoms with E-state index in [1.807, 2.05) is 30.3 Å². The summed E-state index contributed by atoms with van der Waals surface area (Å²) in [5, 5.41) is 18.2. The van der Waals surface area contributed by atoms with E-state index in [-0.39, 0.29) is 24.3 Å². The number of amides is 4. The van der Waals surface area contributed by atoms with Gasteiger partial charge in [0.1, 0.15) is 18.2 Å². The number of nitriles is 1. The molecule has 0 radical (unpaired) electrons. The Kier molecular flexibility index (Phi) is 5.76. The van der Waals surface area contributed by atoms with Crippen LogP contribution < -0.4 is 16.0 Å². The average molecular weight is 465 g/mol. The second-order valence-electron chi connectivity index (χ2n) is 10.1. The number of ether oxygens (including phenoxy) is 1. The van der Waals surface area contributed by atoms with E-state index in [1.165, 1.54) is 0 Å². The molecule has 1 heterocycles. The molecule has 3 N–H and O–H groups in total. The van der Waals surface area contributed by atoms with Crippen molar-refractivity contribution in [1.82, 2.24) is 16.0 Å². The lowest BCUT2D eigenvalue weighted by molar-refractivity contribution is -0.137. The van der Waals surface area contributed by atoms with Crippen LogP contribution in [0.25, 0.3) is 0 Å². The number of nitrogens with zero attached hydrogens (tertiary/aromatic N) is 1. The smallest absolute Gasteiger partial charge is 0.408 e. The zero-order valence-corrected chi connectivity index (χ0v) is 18.8. The first-order valence-corrected chi connectivity index (χ1v) is 12.0. The number of benzene rings is 1. The van der Waals surface area contributed by atoms with Crippen LogP contribution >= 0.6 is 0 Å². The van der Waals surface area contributed by atoms with Crippen LogP contribution in [0.3, 0.4) is 0 Å². The van der Waals surface area contributed by atoms with Crippen LogP contribution in [0, 0.1) is 40.9 Å². The van der Waals surface area contributed by atoms with Crippen molar-refractivity contribution in [2.45, 2.75) is 56.7 Å². The molecule has 9 nitrogen and oxygen atoms in total. The summed E-state index contributed by atoms with van der Waals surface area (Å²) < 4.78 is 5.30. The molecule has 1 aliphatic heterocycles. The number of carbonyl (C=O) groups excluding carboxylic acids is 4. The van der Waals surface area contributed by atoms with Gasteiger partial charge in [0.25, 0.3) is 0 Å². The largest absolute Gasteiger partial charge is 0.445 e. The second kappa shape index (κ2) is 8.75. The summed E-state index contributed by atoms with van der Waals surface area (Å²) in [5.41, 5.74) is -0.401. The second-order valence-corrected chi connectivity index (χ2v) is 10.1. The molecule has 0 spiro atoms. The molecule has 2 unspecified atom stereocenters. The van der Waals surface area contributed by atoms with Crippen LogP contribution in [0.5, 0.6) is 0 Å². The van der Waals surface area contributed by atoms with Crippen molar-refractivity contribution in [3.63, 3.8) is 0 Å². The first-order valence-electron chi connectivity index (χ1n) is 12.0. The zero-order chi connectivity index (χ0) is 23.9. The van der Waals surface area contributed by atoms with Crippen molar-refractivity contribution in [2.24, 2.45) is 29.6 Å². The van der Waals surface area contributed by atoms with Crippen LogP contribution in [0.15, 0.2) is 30.3 Å². The predicted octanol–water partition coefficient (Wildman–Crippen LogP) is 1.78. The van der Waals surface area contributed by atoms with Gasteiger partial charge >= 0.3 is 6.09 Å². The fourth-order valence-electron chi connectivity index (χ4n) is 6.09. The van der Waals surface area contributed by atoms with Crippen molar-refractivity contribution >= 4 is 23.8 Å². The Balaban J connectivity index is 1.28. The monoisotopic (exact) mass is 464 g/mol. The van der Waals surface area contributed by atoms with Gasteiger partial charge in [-0.15, -0.1) is 0 Å². The SMILES string of the molecule is N#CC1(NC(=O)C(CC2CC2)NC(=O)OCc2ccccc2)C[C@H]2CC[C@@H]1[C@H]1C(=O)NC(=O)[C@@H]21. The molecule has 2 bridgehead atoms. The summed E-state index contributed by atoms with van der Waals surface area (Å²) in [6.07, 6.45) is 3.43. The molecular formula is C25H28N4O5. The van der Waals surface area contributed by atoms with Gasteiger partial charge in [0.05, 0.1) is 17.9 Å². The summed E-state index contributed by atoms with van der Waals surface area (Å²) in [4.78, 5) is 50.6. The van der Waals surface area contributed by atoms with Crippen LogP contribution in [-0.2, 0) is 25.7 Å². The Morgan fingerprint density at radius 3 is 2.56 bits per heavy atom. The lowest BCUT2D eigenvalue weighted by Gasteiger charge is -2.52. The van der Waals surface area contributed by atoms with Crippen molar-refractivity contribution in [3.05, 3.63) is 35.9 Å². The first-order chi connectivity index (χ1) is 16.4. The summed E-state index contributed by atoms with van der Waals surface area (Å²) in [6, 6.07) is 10.7. The molecule has 5 aliphatic rings. The third-order valence-corrected chi connectivity index (χ3v) is 7.88. The van der Waals surface area contributed by atoms with Gasteiger partial charge < -0.3 is 15.4 Å². The molecule has 178 valence electrons. The van der Waals surface area contributed by atoms with E-state index < -0.39 is 41.3 Å². The Bertz CT molecular complexity index is 1050. The van der Waals surface area contributed by atoms with E-state index in [9.17, 15) is 24.4 Å². The average Bonchev–Trinajstić information content (AvgIpc) is 3.61. The fraction of sp³-hybridized carbons (Fsp3) is 0.560. The van der Waals surface area contributed by atoms with Gasteiger partial charge in [-0.05, 0) is 43.1 Å². The molecule has 0 aromatic heterocycles. The third kappa shape index (κ3) is 4.13. The number of hydrogen-bond acceptors (Lipinski definition) is 6. The normalized spacial score (nSPS) is 32.2. The fourth-order valence-corrected chi connectivity index (χ4v) is 6.09. The van der Waals surface area contributed by atoms with Crippen LogP contribution in [0.2, 0.25) is 0 Å². The number of hydrogen-bond donors (Lipinski definition) is 3. The molecule has 5 fully saturated rings. The molecule has 1 saturated heterocycles. The van der Waals surface area contributed by atoms with Crippen LogP contribution in [0.4, 0.5) is 4.79 Å². The van der Waals surface area contributed by atoms with E-state index in [1.54, 1.807) is 0 Å². The summed E-state index contributed by atoms with van der Waals surface area (Å²) in [5.74, 6) is -2.30. The van der Waals surface area contributed by atoms with Gasteiger partial charge in [-0.1, -0.05) is 43.2 Å². The van der Waals surface area contributed by atoms with E-state index in [4.69, 9.17) is 4.74 Å². The molecular weight excluding hydrogens is 436 g/mol. The zero-order valence-electron chi connectivity index (χ0n) is 18.8. The number of fused-ring (bicyclic) bond motifs is 2. The topological polar surface area (TPSA) is 137 Å². The highest BCUT2D eigenvalue weighted by atomic mass is 16.5. The molecule has 34 heavy (non-hydrogen) atoms. The lowest BCUT2D eigenvalue weighted by atomic mass is 9.52. The number of carbonyl (C=O) groups is 4. The summed E-state index contributed by atoms with van der Waals surface area (Å²) in [6.45, 7) is 0.0858. The highest BCUT2D eigenvalue weighted by molar-refractivity contribution is 6.06. The maximum absolute atomic E-state index is 13.4. The van der Waals surface area contributed by atoms with Crippen LogP contribution in [-0.4, -0.2) is 35.4 Å². The number of nitrogens with one attached hydrogen (secondary N) is 3. The predicted molar refractivity (Wildman–Crippen MR) is 118 cm³/mol. The van der Waals surface area contributed by atoms with E-state index in [0.29, 0.717) is 25.2 Å². The maximum atomic E-state index is 13.4. The van der Waals surface area contributed by atoms with Crippen molar-refractivity contribution in [3.8, 4) is 6.07 Å². The maximum Gasteiger partial charge on any atom is 0.408 e. The van der Waals surface area contributed by atoms with E-state index in [0.717, 1.165) is 24.8 Å². The molecule has 6 atom stereocenters. The number of alkyl carbamates (subject to hydrolysis) is 1. The highest BCUT2D eigenvalue weighted by Crippen LogP contribution is 2.55. The standard InChI is InChI=1S/C25H28N4O5/c26-13-25(11-16-8-9-17(25)20-19(16)22(31)28-23(20)32)29-21(30)18(10-14-6-7-14)27-24(33)34-12-15-4-2-1-3-5-15/h1-5,14,16-20H,6-12H2,(H,27,33)(H,29,30)(H,28,31,32)/t16-,17-,18?,19+,20-,25?/m1/s1. The number of rotatable bonds is 7. The first kappa shape index (κ1) is 22.4. The van der Waals surface area contributed by atoms with Gasteiger partial charge in [0.2, 0.25) is 17.7 Å². The third-order valence-electron chi connectivity index (χ3n) is 7.88. The van der Waals surface area contributed by atoms with Gasteiger partial charge in [-0.25, -0.2) is 4.79 Å². The van der Waals surface area contributed by atoms with Crippen LogP contribution in [0.1, 0.15) is 44.1 Å². The van der Waals surface area contributed by atoms with Gasteiger partial charge in [0.15, 0.2) is 0 Å². The molecule has 4 amide bonds. The van der Waals surface area contributed by atoms with Gasteiger partial charge in [0, 0.05) is 5.92 Å².